The van der Waals surface area contributed by atoms with Gasteiger partial charge >= 0.3 is 0 Å². The topological polar surface area (TPSA) is 65.2 Å². The molecule has 1 amide bonds. The Morgan fingerprint density at radius 3 is 2.27 bits per heavy atom. The van der Waals surface area contributed by atoms with E-state index in [4.69, 9.17) is 0 Å². The second-order valence-electron chi connectivity index (χ2n) is 6.97. The molecule has 4 rings (SSSR count). The average molecular weight is 484 g/mol. The van der Waals surface area contributed by atoms with Gasteiger partial charge < -0.3 is 15.2 Å². The zero-order chi connectivity index (χ0) is 21.7. The molecular formula is C20H14BrF4N3O2. The third-order valence-corrected chi connectivity index (χ3v) is 5.93. The van der Waals surface area contributed by atoms with Crippen LogP contribution in [-0.2, 0) is 6.54 Å². The second kappa shape index (κ2) is 7.51. The molecule has 3 aromatic rings. The van der Waals surface area contributed by atoms with Crippen molar-refractivity contribution in [3.05, 3.63) is 79.2 Å². The molecule has 0 bridgehead atoms. The Kier molecular flexibility index (Phi) is 5.15. The van der Waals surface area contributed by atoms with Crippen LogP contribution in [0.4, 0.5) is 17.6 Å². The lowest BCUT2D eigenvalue weighted by Crippen LogP contribution is -2.42. The van der Waals surface area contributed by atoms with E-state index in [2.05, 4.69) is 26.2 Å². The van der Waals surface area contributed by atoms with Crippen LogP contribution in [0.15, 0.2) is 33.5 Å². The van der Waals surface area contributed by atoms with Crippen molar-refractivity contribution in [1.29, 1.82) is 0 Å². The van der Waals surface area contributed by atoms with Gasteiger partial charge in [0.1, 0.15) is 11.6 Å². The summed E-state index contributed by atoms with van der Waals surface area (Å²) < 4.78 is 55.1. The van der Waals surface area contributed by atoms with Crippen molar-refractivity contribution in [3.63, 3.8) is 0 Å². The van der Waals surface area contributed by atoms with Crippen molar-refractivity contribution < 1.29 is 22.4 Å². The van der Waals surface area contributed by atoms with Gasteiger partial charge in [0.05, 0.1) is 15.9 Å². The van der Waals surface area contributed by atoms with Crippen LogP contribution in [0, 0.1) is 23.3 Å². The molecule has 0 saturated heterocycles. The van der Waals surface area contributed by atoms with Crippen LogP contribution in [0.3, 0.4) is 0 Å². The Morgan fingerprint density at radius 2 is 1.63 bits per heavy atom. The fourth-order valence-electron chi connectivity index (χ4n) is 3.70. The zero-order valence-electron chi connectivity index (χ0n) is 15.5. The minimum absolute atomic E-state index is 0.0545. The minimum atomic E-state index is -1.16. The summed E-state index contributed by atoms with van der Waals surface area (Å²) in [6.45, 7) is 0.483. The fraction of sp³-hybridized carbons (Fsp3) is 0.200. The zero-order valence-corrected chi connectivity index (χ0v) is 17.0. The molecule has 2 N–H and O–H groups in total. The third kappa shape index (κ3) is 3.29. The number of amides is 1. The number of nitrogens with one attached hydrogen (secondary N) is 2. The predicted molar refractivity (Wildman–Crippen MR) is 105 cm³/mol. The van der Waals surface area contributed by atoms with Gasteiger partial charge in [-0.2, -0.15) is 0 Å². The monoisotopic (exact) mass is 483 g/mol. The first-order chi connectivity index (χ1) is 14.2. The number of rotatable bonds is 2. The smallest absolute Gasteiger partial charge is 0.256 e. The van der Waals surface area contributed by atoms with Crippen LogP contribution in [0.1, 0.15) is 27.7 Å². The maximum absolute atomic E-state index is 14.0. The van der Waals surface area contributed by atoms with E-state index < -0.39 is 40.8 Å². The maximum atomic E-state index is 14.0. The summed E-state index contributed by atoms with van der Waals surface area (Å²) in [6, 6.07) is 2.84. The molecule has 0 radical (unpaired) electrons. The molecule has 10 heteroatoms. The van der Waals surface area contributed by atoms with E-state index in [-0.39, 0.29) is 33.9 Å². The molecule has 156 valence electrons. The normalized spacial score (nSPS) is 15.9. The molecular weight excluding hydrogens is 470 g/mol. The highest BCUT2D eigenvalue weighted by molar-refractivity contribution is 9.10. The molecule has 30 heavy (non-hydrogen) atoms. The number of nitrogens with zero attached hydrogens (tertiary/aromatic N) is 1. The van der Waals surface area contributed by atoms with Crippen LogP contribution in [0.2, 0.25) is 0 Å². The van der Waals surface area contributed by atoms with E-state index in [9.17, 15) is 27.2 Å². The fourth-order valence-corrected chi connectivity index (χ4v) is 3.93. The van der Waals surface area contributed by atoms with Crippen LogP contribution in [0.5, 0.6) is 0 Å². The summed E-state index contributed by atoms with van der Waals surface area (Å²) in [7, 11) is 1.43. The summed E-state index contributed by atoms with van der Waals surface area (Å²) in [6.07, 6.45) is 0. The lowest BCUT2D eigenvalue weighted by molar-refractivity contribution is 0.0722. The maximum Gasteiger partial charge on any atom is 0.256 e. The van der Waals surface area contributed by atoms with Gasteiger partial charge in [0, 0.05) is 37.0 Å². The summed E-state index contributed by atoms with van der Waals surface area (Å²) in [5.41, 5.74) is 0.0589. The lowest BCUT2D eigenvalue weighted by atomic mass is 9.93. The number of carbonyl (C=O) groups is 1. The predicted octanol–water partition coefficient (Wildman–Crippen LogP) is 3.76. The second-order valence-corrected chi connectivity index (χ2v) is 7.77. The van der Waals surface area contributed by atoms with Crippen molar-refractivity contribution >= 4 is 32.6 Å². The molecule has 0 saturated carbocycles. The first-order valence-electron chi connectivity index (χ1n) is 8.85. The Bertz CT molecular complexity index is 1240. The highest BCUT2D eigenvalue weighted by Gasteiger charge is 2.31. The number of aromatic nitrogens is 1. The molecule has 1 unspecified atom stereocenters. The van der Waals surface area contributed by atoms with E-state index in [0.717, 1.165) is 24.3 Å². The van der Waals surface area contributed by atoms with E-state index in [1.54, 1.807) is 0 Å². The van der Waals surface area contributed by atoms with Gasteiger partial charge in [0.25, 0.3) is 11.5 Å². The standard InChI is InChI=1S/C20H14BrF4N3O2/c1-28(20(30)8-2-13(24)18(21)14(25)3-8)16-7-26-6-15-17(16)9-4-11(22)12(23)5-10(9)19(29)27-15/h2-5,16,26H,6-7H2,1H3,(H,27,29). The number of likely N-dealkylation sites (N-methyl/N-ethyl adjacent to an activating group) is 1. The van der Waals surface area contributed by atoms with Gasteiger partial charge in [-0.05, 0) is 45.6 Å². The Labute approximate surface area is 175 Å². The number of hydrogen-bond donors (Lipinski definition) is 2. The van der Waals surface area contributed by atoms with Crippen molar-refractivity contribution in [2.24, 2.45) is 0 Å². The molecule has 1 atom stereocenters. The van der Waals surface area contributed by atoms with E-state index in [1.807, 2.05) is 0 Å². The van der Waals surface area contributed by atoms with Gasteiger partial charge in [0.15, 0.2) is 11.6 Å². The molecule has 0 fully saturated rings. The van der Waals surface area contributed by atoms with Gasteiger partial charge in [-0.25, -0.2) is 17.6 Å². The SMILES string of the molecule is CN(C(=O)c1cc(F)c(Br)c(F)c1)C1CNCc2[nH]c(=O)c3cc(F)c(F)cc3c21. The van der Waals surface area contributed by atoms with Crippen molar-refractivity contribution in [1.82, 2.24) is 15.2 Å². The first-order valence-corrected chi connectivity index (χ1v) is 9.64. The molecule has 2 aromatic carbocycles. The number of benzene rings is 2. The molecule has 0 spiro atoms. The Balaban J connectivity index is 1.84. The van der Waals surface area contributed by atoms with Crippen LogP contribution in [0.25, 0.3) is 10.8 Å². The van der Waals surface area contributed by atoms with Crippen LogP contribution < -0.4 is 10.9 Å². The Hall–Kier alpha value is -2.72. The van der Waals surface area contributed by atoms with E-state index >= 15 is 0 Å². The van der Waals surface area contributed by atoms with Crippen molar-refractivity contribution in [2.75, 3.05) is 13.6 Å². The largest absolute Gasteiger partial charge is 0.333 e. The first kappa shape index (κ1) is 20.5. The van der Waals surface area contributed by atoms with E-state index in [0.29, 0.717) is 11.3 Å². The van der Waals surface area contributed by atoms with Gasteiger partial charge in [-0.1, -0.05) is 0 Å². The Morgan fingerprint density at radius 1 is 1.03 bits per heavy atom. The third-order valence-electron chi connectivity index (χ3n) is 5.18. The van der Waals surface area contributed by atoms with Crippen molar-refractivity contribution in [2.45, 2.75) is 12.6 Å². The quantitative estimate of drug-likeness (QED) is 0.430. The number of aromatic amines is 1. The number of pyridine rings is 1. The lowest BCUT2D eigenvalue weighted by Gasteiger charge is -2.34. The molecule has 1 aromatic heterocycles. The van der Waals surface area contributed by atoms with Crippen molar-refractivity contribution in [3.8, 4) is 0 Å². The summed E-state index contributed by atoms with van der Waals surface area (Å²) >= 11 is 2.76. The van der Waals surface area contributed by atoms with Gasteiger partial charge in [-0.3, -0.25) is 9.59 Å². The van der Waals surface area contributed by atoms with Crippen LogP contribution in [-0.4, -0.2) is 29.4 Å². The average Bonchev–Trinajstić information content (AvgIpc) is 2.71. The minimum Gasteiger partial charge on any atom is -0.333 e. The number of carbonyl (C=O) groups excluding carboxylic acids is 1. The summed E-state index contributed by atoms with van der Waals surface area (Å²) in [5, 5.41) is 3.16. The summed E-state index contributed by atoms with van der Waals surface area (Å²) in [4.78, 5) is 29.1. The number of H-pyrrole nitrogens is 1. The molecule has 5 nitrogen and oxygen atoms in total. The number of fused-ring (bicyclic) bond motifs is 3. The highest BCUT2D eigenvalue weighted by atomic mass is 79.9. The highest BCUT2D eigenvalue weighted by Crippen LogP contribution is 2.33. The number of hydrogen-bond acceptors (Lipinski definition) is 3. The molecule has 2 heterocycles. The molecule has 1 aliphatic heterocycles. The molecule has 0 aliphatic carbocycles. The van der Waals surface area contributed by atoms with Crippen LogP contribution >= 0.6 is 15.9 Å². The van der Waals surface area contributed by atoms with Gasteiger partial charge in [-0.15, -0.1) is 0 Å². The van der Waals surface area contributed by atoms with Gasteiger partial charge in [0.2, 0.25) is 0 Å². The summed E-state index contributed by atoms with van der Waals surface area (Å²) in [5.74, 6) is -4.83. The van der Waals surface area contributed by atoms with E-state index in [1.165, 1.54) is 11.9 Å². The molecule has 1 aliphatic rings. The number of halogens is 5.